The van der Waals surface area contributed by atoms with Crippen molar-refractivity contribution in [1.29, 1.82) is 0 Å². The molecule has 0 radical (unpaired) electrons. The summed E-state index contributed by atoms with van der Waals surface area (Å²) in [6.45, 7) is 1.85. The van der Waals surface area contributed by atoms with Crippen LogP contribution in [0.5, 0.6) is 5.75 Å². The number of sulfonamides is 1. The van der Waals surface area contributed by atoms with Gasteiger partial charge in [0, 0.05) is 42.2 Å². The molecule has 3 atom stereocenters. The molecule has 2 aliphatic rings. The number of aliphatic hydroxyl groups excluding tert-OH is 1. The van der Waals surface area contributed by atoms with Gasteiger partial charge in [0.15, 0.2) is 0 Å². The molecule has 0 unspecified atom stereocenters. The molecule has 0 spiro atoms. The summed E-state index contributed by atoms with van der Waals surface area (Å²) in [6.07, 6.45) is 1.71. The molecule has 192 valence electrons. The number of aliphatic hydroxyl groups is 1. The van der Waals surface area contributed by atoms with Crippen LogP contribution in [0.3, 0.4) is 0 Å². The van der Waals surface area contributed by atoms with Crippen LogP contribution in [0.25, 0.3) is 0 Å². The van der Waals surface area contributed by atoms with Gasteiger partial charge in [0.2, 0.25) is 10.0 Å². The highest BCUT2D eigenvalue weighted by atomic mass is 32.2. The lowest BCUT2D eigenvalue weighted by Gasteiger charge is -2.57. The van der Waals surface area contributed by atoms with Crippen molar-refractivity contribution in [3.63, 3.8) is 0 Å². The summed E-state index contributed by atoms with van der Waals surface area (Å²) in [4.78, 5) is 2.62. The predicted molar refractivity (Wildman–Crippen MR) is 144 cm³/mol. The van der Waals surface area contributed by atoms with Gasteiger partial charge in [-0.1, -0.05) is 42.2 Å². The summed E-state index contributed by atoms with van der Waals surface area (Å²) in [5.41, 5.74) is 2.92. The molecule has 0 amide bonds. The van der Waals surface area contributed by atoms with E-state index in [2.05, 4.69) is 28.9 Å². The molecule has 37 heavy (non-hydrogen) atoms. The Kier molecular flexibility index (Phi) is 7.63. The smallest absolute Gasteiger partial charge is 0.243 e. The molecule has 1 N–H and O–H groups in total. The molecule has 2 fully saturated rings. The molecule has 3 aromatic carbocycles. The number of nitrogens with zero attached hydrogens (tertiary/aromatic N) is 2. The third kappa shape index (κ3) is 5.29. The zero-order chi connectivity index (χ0) is 25.8. The fourth-order valence-corrected chi connectivity index (χ4v) is 6.99. The van der Waals surface area contributed by atoms with Gasteiger partial charge in [-0.2, -0.15) is 4.31 Å². The van der Waals surface area contributed by atoms with Gasteiger partial charge >= 0.3 is 0 Å². The van der Waals surface area contributed by atoms with Gasteiger partial charge in [-0.15, -0.1) is 0 Å². The number of methoxy groups -OCH3 is 1. The number of benzene rings is 3. The van der Waals surface area contributed by atoms with Crippen LogP contribution < -0.4 is 4.74 Å². The van der Waals surface area contributed by atoms with E-state index in [-0.39, 0.29) is 24.6 Å². The highest BCUT2D eigenvalue weighted by Crippen LogP contribution is 2.42. The average Bonchev–Trinajstić information content (AvgIpc) is 2.92. The average molecular weight is 517 g/mol. The third-order valence-electron chi connectivity index (χ3n) is 7.45. The van der Waals surface area contributed by atoms with Gasteiger partial charge in [-0.3, -0.25) is 4.90 Å². The van der Waals surface area contributed by atoms with E-state index in [1.807, 2.05) is 42.5 Å². The zero-order valence-corrected chi connectivity index (χ0v) is 21.8. The minimum absolute atomic E-state index is 0.0133. The first-order valence-electron chi connectivity index (χ1n) is 12.7. The van der Waals surface area contributed by atoms with Crippen LogP contribution in [0.4, 0.5) is 0 Å². The zero-order valence-electron chi connectivity index (χ0n) is 21.0. The fourth-order valence-electron chi connectivity index (χ4n) is 5.48. The van der Waals surface area contributed by atoms with Crippen LogP contribution in [-0.4, -0.2) is 68.2 Å². The molecule has 5 rings (SSSR count). The van der Waals surface area contributed by atoms with E-state index in [9.17, 15) is 13.5 Å². The maximum atomic E-state index is 13.4. The second-order valence-corrected chi connectivity index (χ2v) is 11.5. The maximum Gasteiger partial charge on any atom is 0.243 e. The second kappa shape index (κ2) is 11.1. The van der Waals surface area contributed by atoms with E-state index in [4.69, 9.17) is 4.74 Å². The Bertz CT molecular complexity index is 1360. The fraction of sp³-hybridized carbons (Fsp3) is 0.333. The highest BCUT2D eigenvalue weighted by Gasteiger charge is 2.50. The summed E-state index contributed by atoms with van der Waals surface area (Å²) in [5, 5.41) is 10.2. The summed E-state index contributed by atoms with van der Waals surface area (Å²) >= 11 is 0. The SMILES string of the molecule is COc1ccc(C#Cc2ccc([C@@H]3[C@H]4CN(S(=O)(=O)c5ccccc5)CCCCN4[C@H]3CO)cc2)cc1. The van der Waals surface area contributed by atoms with Crippen LogP contribution in [0, 0.1) is 11.8 Å². The highest BCUT2D eigenvalue weighted by molar-refractivity contribution is 7.89. The standard InChI is InChI=1S/C30H32N2O4S/c1-36-26-17-13-24(14-18-26)10-9-23-11-15-25(16-12-23)30-28-21-31(19-5-6-20-32(28)29(30)22-33)37(34,35)27-7-3-2-4-8-27/h2-4,7-8,11-18,28-30,33H,5-6,19-22H2,1H3/t28-,29+,30-/m1/s1. The molecule has 3 aromatic rings. The van der Waals surface area contributed by atoms with Crippen LogP contribution in [0.1, 0.15) is 35.4 Å². The molecular weight excluding hydrogens is 484 g/mol. The Hall–Kier alpha value is -3.15. The summed E-state index contributed by atoms with van der Waals surface area (Å²) in [6, 6.07) is 24.5. The minimum Gasteiger partial charge on any atom is -0.497 e. The lowest BCUT2D eigenvalue weighted by molar-refractivity contribution is -0.0553. The van der Waals surface area contributed by atoms with Gasteiger partial charge in [-0.05, 0) is 73.5 Å². The molecule has 2 aliphatic heterocycles. The number of rotatable bonds is 5. The quantitative estimate of drug-likeness (QED) is 0.524. The van der Waals surface area contributed by atoms with Crippen LogP contribution in [-0.2, 0) is 10.0 Å². The van der Waals surface area contributed by atoms with E-state index in [0.717, 1.165) is 41.8 Å². The lowest BCUT2D eigenvalue weighted by Crippen LogP contribution is -2.67. The number of hydrogen-bond acceptors (Lipinski definition) is 5. The van der Waals surface area contributed by atoms with Gasteiger partial charge < -0.3 is 9.84 Å². The number of fused-ring (bicyclic) bond motifs is 1. The second-order valence-electron chi connectivity index (χ2n) is 9.56. The van der Waals surface area contributed by atoms with Crippen molar-refractivity contribution < 1.29 is 18.3 Å². The topological polar surface area (TPSA) is 70.1 Å². The minimum atomic E-state index is -3.58. The van der Waals surface area contributed by atoms with Crippen LogP contribution in [0.15, 0.2) is 83.8 Å². The van der Waals surface area contributed by atoms with Crippen molar-refractivity contribution in [2.45, 2.75) is 35.7 Å². The Balaban J connectivity index is 1.36. The first-order valence-corrected chi connectivity index (χ1v) is 14.1. The Labute approximate surface area is 219 Å². The molecule has 0 aliphatic carbocycles. The first-order chi connectivity index (χ1) is 18.0. The summed E-state index contributed by atoms with van der Waals surface area (Å²) in [7, 11) is -1.94. The van der Waals surface area contributed by atoms with Crippen LogP contribution in [0.2, 0.25) is 0 Å². The summed E-state index contributed by atoms with van der Waals surface area (Å²) in [5.74, 6) is 7.24. The molecule has 7 heteroatoms. The van der Waals surface area contributed by atoms with Crippen molar-refractivity contribution in [2.75, 3.05) is 33.4 Å². The molecule has 0 saturated carbocycles. The molecule has 2 heterocycles. The molecular formula is C30H32N2O4S. The normalized spacial score (nSPS) is 22.5. The number of ether oxygens (including phenoxy) is 1. The monoisotopic (exact) mass is 516 g/mol. The van der Waals surface area contributed by atoms with Crippen molar-refractivity contribution in [3.05, 3.63) is 95.6 Å². The van der Waals surface area contributed by atoms with E-state index in [0.29, 0.717) is 18.0 Å². The van der Waals surface area contributed by atoms with E-state index in [1.54, 1.807) is 35.7 Å². The largest absolute Gasteiger partial charge is 0.497 e. The molecule has 0 bridgehead atoms. The van der Waals surface area contributed by atoms with E-state index in [1.165, 1.54) is 0 Å². The van der Waals surface area contributed by atoms with Crippen molar-refractivity contribution in [1.82, 2.24) is 9.21 Å². The maximum absolute atomic E-state index is 13.4. The van der Waals surface area contributed by atoms with Crippen molar-refractivity contribution in [2.24, 2.45) is 0 Å². The first kappa shape index (κ1) is 25.5. The Morgan fingerprint density at radius 1 is 0.892 bits per heavy atom. The van der Waals surface area contributed by atoms with Crippen molar-refractivity contribution in [3.8, 4) is 17.6 Å². The molecule has 6 nitrogen and oxygen atoms in total. The Morgan fingerprint density at radius 2 is 1.51 bits per heavy atom. The molecule has 2 saturated heterocycles. The number of hydrogen-bond donors (Lipinski definition) is 1. The Morgan fingerprint density at radius 3 is 2.14 bits per heavy atom. The van der Waals surface area contributed by atoms with Crippen molar-refractivity contribution >= 4 is 10.0 Å². The lowest BCUT2D eigenvalue weighted by atomic mass is 9.74. The third-order valence-corrected chi connectivity index (χ3v) is 9.33. The summed E-state index contributed by atoms with van der Waals surface area (Å²) < 4.78 is 33.7. The van der Waals surface area contributed by atoms with E-state index < -0.39 is 10.0 Å². The van der Waals surface area contributed by atoms with Gasteiger partial charge in [0.05, 0.1) is 18.6 Å². The molecule has 0 aromatic heterocycles. The van der Waals surface area contributed by atoms with Gasteiger partial charge in [-0.25, -0.2) is 8.42 Å². The predicted octanol–water partition coefficient (Wildman–Crippen LogP) is 3.71. The van der Waals surface area contributed by atoms with Crippen LogP contribution >= 0.6 is 0 Å². The van der Waals surface area contributed by atoms with Gasteiger partial charge in [0.1, 0.15) is 5.75 Å². The van der Waals surface area contributed by atoms with Gasteiger partial charge in [0.25, 0.3) is 0 Å². The van der Waals surface area contributed by atoms with E-state index >= 15 is 0 Å².